The lowest BCUT2D eigenvalue weighted by Gasteiger charge is -2.08. The van der Waals surface area contributed by atoms with Crippen LogP contribution in [0.15, 0.2) is 72.4 Å². The number of amides is 2. The zero-order chi connectivity index (χ0) is 20.1. The Hall–Kier alpha value is -3.45. The smallest absolute Gasteiger partial charge is 0.265 e. The number of thiophene rings is 1. The second kappa shape index (κ2) is 8.70. The molecule has 2 amide bonds. The fourth-order valence-corrected chi connectivity index (χ4v) is 3.67. The van der Waals surface area contributed by atoms with Gasteiger partial charge in [-0.3, -0.25) is 9.59 Å². The fourth-order valence-electron chi connectivity index (χ4n) is 3.05. The Labute approximate surface area is 172 Å². The lowest BCUT2D eigenvalue weighted by Crippen LogP contribution is -2.25. The van der Waals surface area contributed by atoms with E-state index in [1.807, 2.05) is 42.0 Å². The van der Waals surface area contributed by atoms with Crippen molar-refractivity contribution in [3.05, 3.63) is 82.8 Å². The molecule has 146 valence electrons. The Morgan fingerprint density at radius 1 is 0.966 bits per heavy atom. The molecule has 0 aliphatic heterocycles. The second-order valence-electron chi connectivity index (χ2n) is 6.54. The van der Waals surface area contributed by atoms with E-state index in [1.54, 1.807) is 30.3 Å². The van der Waals surface area contributed by atoms with Gasteiger partial charge in [0.15, 0.2) is 0 Å². The number of hydrogen-bond donors (Lipinski definition) is 2. The lowest BCUT2D eigenvalue weighted by atomic mass is 10.2. The van der Waals surface area contributed by atoms with Crippen LogP contribution in [0.2, 0.25) is 0 Å². The van der Waals surface area contributed by atoms with Crippen molar-refractivity contribution >= 4 is 39.9 Å². The molecular formula is C22H20N4O2S. The molecule has 7 heteroatoms. The highest BCUT2D eigenvalue weighted by Crippen LogP contribution is 2.15. The zero-order valence-electron chi connectivity index (χ0n) is 15.7. The maximum absolute atomic E-state index is 12.3. The Balaban J connectivity index is 1.26. The van der Waals surface area contributed by atoms with Crippen LogP contribution in [0.4, 0.5) is 5.69 Å². The maximum atomic E-state index is 12.3. The number of nitrogens with zero attached hydrogens (tertiary/aromatic N) is 2. The van der Waals surface area contributed by atoms with Gasteiger partial charge in [-0.25, -0.2) is 4.98 Å². The van der Waals surface area contributed by atoms with Gasteiger partial charge >= 0.3 is 0 Å². The monoisotopic (exact) mass is 404 g/mol. The first-order chi connectivity index (χ1) is 14.2. The molecule has 4 rings (SSSR count). The normalized spacial score (nSPS) is 10.8. The van der Waals surface area contributed by atoms with Crippen LogP contribution in [0.3, 0.4) is 0 Å². The number of carbonyl (C=O) groups excluding carboxylic acids is 2. The van der Waals surface area contributed by atoms with Gasteiger partial charge in [0, 0.05) is 24.3 Å². The van der Waals surface area contributed by atoms with Gasteiger partial charge < -0.3 is 15.2 Å². The van der Waals surface area contributed by atoms with Crippen molar-refractivity contribution in [3.63, 3.8) is 0 Å². The van der Waals surface area contributed by atoms with E-state index < -0.39 is 0 Å². The first-order valence-electron chi connectivity index (χ1n) is 9.34. The molecular weight excluding hydrogens is 384 g/mol. The number of fused-ring (bicyclic) bond motifs is 1. The molecule has 0 aliphatic carbocycles. The standard InChI is InChI=1S/C22H20N4O2S/c27-21(23-12-4-13-26-15-24-18-5-1-2-6-19(18)26)16-8-10-17(11-9-16)25-22(28)20-7-3-14-29-20/h1-3,5-11,14-15H,4,12-13H2,(H,23,27)(H,25,28). The molecule has 0 aliphatic rings. The molecule has 0 fully saturated rings. The SMILES string of the molecule is O=C(NCCCn1cnc2ccccc21)c1ccc(NC(=O)c2cccs2)cc1. The van der Waals surface area contributed by atoms with Gasteiger partial charge in [0.2, 0.25) is 0 Å². The van der Waals surface area contributed by atoms with Gasteiger partial charge in [-0.05, 0) is 54.3 Å². The molecule has 0 saturated carbocycles. The number of carbonyl (C=O) groups is 2. The predicted molar refractivity (Wildman–Crippen MR) is 115 cm³/mol. The van der Waals surface area contributed by atoms with Crippen LogP contribution >= 0.6 is 11.3 Å². The second-order valence-corrected chi connectivity index (χ2v) is 7.49. The molecule has 2 heterocycles. The van der Waals surface area contributed by atoms with E-state index in [9.17, 15) is 9.59 Å². The molecule has 0 bridgehead atoms. The number of imidazole rings is 1. The van der Waals surface area contributed by atoms with E-state index >= 15 is 0 Å². The summed E-state index contributed by atoms with van der Waals surface area (Å²) in [5.41, 5.74) is 3.29. The summed E-state index contributed by atoms with van der Waals surface area (Å²) < 4.78 is 2.09. The summed E-state index contributed by atoms with van der Waals surface area (Å²) in [6.45, 7) is 1.36. The van der Waals surface area contributed by atoms with Gasteiger partial charge in [-0.15, -0.1) is 11.3 Å². The number of benzene rings is 2. The van der Waals surface area contributed by atoms with E-state index in [2.05, 4.69) is 20.2 Å². The quantitative estimate of drug-likeness (QED) is 0.454. The molecule has 0 radical (unpaired) electrons. The van der Waals surface area contributed by atoms with E-state index in [0.717, 1.165) is 24.0 Å². The average Bonchev–Trinajstić information content (AvgIpc) is 3.42. The third-order valence-corrected chi connectivity index (χ3v) is 5.41. The third kappa shape index (κ3) is 4.52. The summed E-state index contributed by atoms with van der Waals surface area (Å²) in [4.78, 5) is 29.4. The van der Waals surface area contributed by atoms with Gasteiger partial charge in [-0.2, -0.15) is 0 Å². The van der Waals surface area contributed by atoms with Crippen molar-refractivity contribution in [2.75, 3.05) is 11.9 Å². The van der Waals surface area contributed by atoms with Crippen LogP contribution in [0.5, 0.6) is 0 Å². The maximum Gasteiger partial charge on any atom is 0.265 e. The number of rotatable bonds is 7. The first-order valence-corrected chi connectivity index (χ1v) is 10.2. The highest BCUT2D eigenvalue weighted by Gasteiger charge is 2.09. The molecule has 0 saturated heterocycles. The molecule has 29 heavy (non-hydrogen) atoms. The van der Waals surface area contributed by atoms with Crippen LogP contribution in [-0.2, 0) is 6.54 Å². The molecule has 4 aromatic rings. The molecule has 0 spiro atoms. The summed E-state index contributed by atoms with van der Waals surface area (Å²) in [5.74, 6) is -0.277. The van der Waals surface area contributed by atoms with Crippen LogP contribution in [-0.4, -0.2) is 27.9 Å². The van der Waals surface area contributed by atoms with Crippen LogP contribution in [0, 0.1) is 0 Å². The predicted octanol–water partition coefficient (Wildman–Crippen LogP) is 4.17. The number of aryl methyl sites for hydroxylation is 1. The van der Waals surface area contributed by atoms with Crippen molar-refractivity contribution in [2.24, 2.45) is 0 Å². The largest absolute Gasteiger partial charge is 0.352 e. The minimum absolute atomic E-state index is 0.128. The van der Waals surface area contributed by atoms with Crippen molar-refractivity contribution in [3.8, 4) is 0 Å². The van der Waals surface area contributed by atoms with Gasteiger partial charge in [0.1, 0.15) is 0 Å². The van der Waals surface area contributed by atoms with E-state index in [0.29, 0.717) is 22.7 Å². The number of nitrogens with one attached hydrogen (secondary N) is 2. The molecule has 0 atom stereocenters. The van der Waals surface area contributed by atoms with Crippen molar-refractivity contribution in [2.45, 2.75) is 13.0 Å². The van der Waals surface area contributed by atoms with Crippen molar-refractivity contribution < 1.29 is 9.59 Å². The van der Waals surface area contributed by atoms with Crippen LogP contribution < -0.4 is 10.6 Å². The summed E-state index contributed by atoms with van der Waals surface area (Å²) >= 11 is 1.39. The molecule has 2 N–H and O–H groups in total. The van der Waals surface area contributed by atoms with E-state index in [-0.39, 0.29) is 11.8 Å². The van der Waals surface area contributed by atoms with Crippen molar-refractivity contribution in [1.82, 2.24) is 14.9 Å². The third-order valence-electron chi connectivity index (χ3n) is 4.54. The van der Waals surface area contributed by atoms with Gasteiger partial charge in [-0.1, -0.05) is 18.2 Å². The molecule has 2 aromatic heterocycles. The number of hydrogen-bond acceptors (Lipinski definition) is 4. The van der Waals surface area contributed by atoms with Gasteiger partial charge in [0.25, 0.3) is 11.8 Å². The molecule has 0 unspecified atom stereocenters. The fraction of sp³-hybridized carbons (Fsp3) is 0.136. The molecule has 6 nitrogen and oxygen atoms in total. The molecule has 2 aromatic carbocycles. The Morgan fingerprint density at radius 3 is 2.59 bits per heavy atom. The summed E-state index contributed by atoms with van der Waals surface area (Å²) in [6, 6.07) is 18.5. The van der Waals surface area contributed by atoms with Gasteiger partial charge in [0.05, 0.1) is 22.2 Å². The van der Waals surface area contributed by atoms with Crippen LogP contribution in [0.25, 0.3) is 11.0 Å². The summed E-state index contributed by atoms with van der Waals surface area (Å²) in [6.07, 6.45) is 2.64. The Morgan fingerprint density at radius 2 is 1.79 bits per heavy atom. The van der Waals surface area contributed by atoms with E-state index in [4.69, 9.17) is 0 Å². The summed E-state index contributed by atoms with van der Waals surface area (Å²) in [5, 5.41) is 7.62. The lowest BCUT2D eigenvalue weighted by molar-refractivity contribution is 0.0952. The minimum atomic E-state index is -0.149. The number of anilines is 1. The summed E-state index contributed by atoms with van der Waals surface area (Å²) in [7, 11) is 0. The van der Waals surface area contributed by atoms with E-state index in [1.165, 1.54) is 11.3 Å². The average molecular weight is 404 g/mol. The van der Waals surface area contributed by atoms with Crippen molar-refractivity contribution in [1.29, 1.82) is 0 Å². The first kappa shape index (κ1) is 18.9. The minimum Gasteiger partial charge on any atom is -0.352 e. The highest BCUT2D eigenvalue weighted by atomic mass is 32.1. The Kier molecular flexibility index (Phi) is 5.67. The highest BCUT2D eigenvalue weighted by molar-refractivity contribution is 7.12. The number of aromatic nitrogens is 2. The zero-order valence-corrected chi connectivity index (χ0v) is 16.5. The number of para-hydroxylation sites is 2. The Bertz CT molecular complexity index is 1120. The topological polar surface area (TPSA) is 76.0 Å². The van der Waals surface area contributed by atoms with Crippen LogP contribution in [0.1, 0.15) is 26.5 Å².